The third-order valence-electron chi connectivity index (χ3n) is 4.18. The van der Waals surface area contributed by atoms with E-state index in [1.54, 1.807) is 26.4 Å². The number of carbonyl (C=O) groups is 1. The van der Waals surface area contributed by atoms with Crippen molar-refractivity contribution in [3.05, 3.63) is 35.9 Å². The van der Waals surface area contributed by atoms with E-state index in [1.165, 1.54) is 6.42 Å². The predicted octanol–water partition coefficient (Wildman–Crippen LogP) is 2.58. The average Bonchev–Trinajstić information content (AvgIpc) is 3.07. The van der Waals surface area contributed by atoms with Crippen molar-refractivity contribution in [2.45, 2.75) is 19.3 Å². The van der Waals surface area contributed by atoms with Gasteiger partial charge < -0.3 is 20.1 Å². The molecule has 1 amide bonds. The summed E-state index contributed by atoms with van der Waals surface area (Å²) in [7, 11) is 3.17. The van der Waals surface area contributed by atoms with E-state index in [0.29, 0.717) is 35.9 Å². The van der Waals surface area contributed by atoms with Crippen LogP contribution in [0, 0.1) is 5.92 Å². The molecule has 1 atom stereocenters. The van der Waals surface area contributed by atoms with Crippen molar-refractivity contribution in [2.24, 2.45) is 5.92 Å². The van der Waals surface area contributed by atoms with Gasteiger partial charge in [-0.05, 0) is 50.4 Å². The van der Waals surface area contributed by atoms with Crippen molar-refractivity contribution in [1.29, 1.82) is 0 Å². The largest absolute Gasteiger partial charge is 0.493 e. The minimum atomic E-state index is -0.0813. The van der Waals surface area contributed by atoms with Crippen LogP contribution in [-0.2, 0) is 6.42 Å². The number of nitrogens with one attached hydrogen (secondary N) is 2. The van der Waals surface area contributed by atoms with Gasteiger partial charge in [-0.15, -0.1) is 19.0 Å². The first-order valence-electron chi connectivity index (χ1n) is 8.04. The minimum Gasteiger partial charge on any atom is -0.493 e. The lowest BCUT2D eigenvalue weighted by Crippen LogP contribution is -2.26. The molecule has 0 spiro atoms. The highest BCUT2D eigenvalue weighted by molar-refractivity contribution is 5.95. The number of allylic oxidation sites excluding steroid dienone is 1. The topological polar surface area (TPSA) is 59.6 Å². The fraction of sp³-hybridized carbons (Fsp3) is 0.500. The number of halogens is 1. The van der Waals surface area contributed by atoms with Gasteiger partial charge in [-0.1, -0.05) is 6.08 Å². The molecule has 134 valence electrons. The highest BCUT2D eigenvalue weighted by Gasteiger charge is 2.17. The fourth-order valence-electron chi connectivity index (χ4n) is 2.93. The SMILES string of the molecule is C=CCc1cc(C(=O)NCCC2CCNC2)cc(OC)c1OC.Cl. The van der Waals surface area contributed by atoms with Gasteiger partial charge >= 0.3 is 0 Å². The Hall–Kier alpha value is -1.72. The molecule has 1 aliphatic heterocycles. The molecular formula is C18H27ClN2O3. The van der Waals surface area contributed by atoms with Gasteiger partial charge in [-0.3, -0.25) is 4.79 Å². The van der Waals surface area contributed by atoms with Crippen LogP contribution >= 0.6 is 12.4 Å². The Morgan fingerprint density at radius 3 is 2.79 bits per heavy atom. The second kappa shape index (κ2) is 10.2. The Labute approximate surface area is 150 Å². The van der Waals surface area contributed by atoms with Crippen LogP contribution in [0.15, 0.2) is 24.8 Å². The summed E-state index contributed by atoms with van der Waals surface area (Å²) in [4.78, 5) is 12.4. The number of carbonyl (C=O) groups excluding carboxylic acids is 1. The summed E-state index contributed by atoms with van der Waals surface area (Å²) in [6.45, 7) is 6.58. The van der Waals surface area contributed by atoms with Gasteiger partial charge in [0.15, 0.2) is 11.5 Å². The Bertz CT molecular complexity index is 557. The number of rotatable bonds is 8. The summed E-state index contributed by atoms with van der Waals surface area (Å²) < 4.78 is 10.7. The van der Waals surface area contributed by atoms with Crippen LogP contribution in [0.1, 0.15) is 28.8 Å². The Morgan fingerprint density at radius 2 is 2.21 bits per heavy atom. The molecule has 5 nitrogen and oxygen atoms in total. The van der Waals surface area contributed by atoms with Crippen LogP contribution in [0.2, 0.25) is 0 Å². The molecule has 1 heterocycles. The number of amides is 1. The molecule has 0 aliphatic carbocycles. The monoisotopic (exact) mass is 354 g/mol. The number of benzene rings is 1. The molecule has 0 bridgehead atoms. The molecule has 2 rings (SSSR count). The molecular weight excluding hydrogens is 328 g/mol. The lowest BCUT2D eigenvalue weighted by atomic mass is 10.0. The maximum atomic E-state index is 12.4. The van der Waals surface area contributed by atoms with E-state index >= 15 is 0 Å². The molecule has 1 aromatic rings. The normalized spacial score (nSPS) is 16.2. The van der Waals surface area contributed by atoms with Gasteiger partial charge in [-0.25, -0.2) is 0 Å². The molecule has 2 N–H and O–H groups in total. The Morgan fingerprint density at radius 1 is 1.42 bits per heavy atom. The average molecular weight is 355 g/mol. The molecule has 1 unspecified atom stereocenters. The summed E-state index contributed by atoms with van der Waals surface area (Å²) in [5, 5.41) is 6.33. The van der Waals surface area contributed by atoms with Gasteiger partial charge in [0.05, 0.1) is 14.2 Å². The van der Waals surface area contributed by atoms with Crippen molar-refractivity contribution in [3.8, 4) is 11.5 Å². The molecule has 1 aliphatic rings. The standard InChI is InChI=1S/C18H26N2O3.ClH/c1-4-5-14-10-15(11-16(22-2)17(14)23-3)18(21)20-9-7-13-6-8-19-12-13;/h4,10-11,13,19H,1,5-9,12H2,2-3H3,(H,20,21);1H. The van der Waals surface area contributed by atoms with Crippen molar-refractivity contribution in [3.63, 3.8) is 0 Å². The maximum absolute atomic E-state index is 12.4. The van der Waals surface area contributed by atoms with Crippen LogP contribution in [-0.4, -0.2) is 39.8 Å². The third-order valence-corrected chi connectivity index (χ3v) is 4.18. The number of hydrogen-bond acceptors (Lipinski definition) is 4. The second-order valence-corrected chi connectivity index (χ2v) is 5.77. The summed E-state index contributed by atoms with van der Waals surface area (Å²) in [6, 6.07) is 3.56. The van der Waals surface area contributed by atoms with Crippen LogP contribution in [0.4, 0.5) is 0 Å². The van der Waals surface area contributed by atoms with E-state index in [2.05, 4.69) is 17.2 Å². The lowest BCUT2D eigenvalue weighted by molar-refractivity contribution is 0.0951. The molecule has 0 aromatic heterocycles. The third kappa shape index (κ3) is 5.14. The van der Waals surface area contributed by atoms with Crippen molar-refractivity contribution in [2.75, 3.05) is 33.9 Å². The van der Waals surface area contributed by atoms with E-state index in [4.69, 9.17) is 9.47 Å². The highest BCUT2D eigenvalue weighted by atomic mass is 35.5. The summed E-state index contributed by atoms with van der Waals surface area (Å²) in [5.41, 5.74) is 1.48. The Kier molecular flexibility index (Phi) is 8.65. The molecule has 1 aromatic carbocycles. The van der Waals surface area contributed by atoms with Crippen LogP contribution in [0.5, 0.6) is 11.5 Å². The van der Waals surface area contributed by atoms with E-state index in [-0.39, 0.29) is 18.3 Å². The maximum Gasteiger partial charge on any atom is 0.251 e. The van der Waals surface area contributed by atoms with Gasteiger partial charge in [0.25, 0.3) is 5.91 Å². The van der Waals surface area contributed by atoms with E-state index in [0.717, 1.165) is 25.1 Å². The number of methoxy groups -OCH3 is 2. The van der Waals surface area contributed by atoms with Gasteiger partial charge in [0.2, 0.25) is 0 Å². The zero-order valence-corrected chi connectivity index (χ0v) is 15.2. The predicted molar refractivity (Wildman–Crippen MR) is 98.6 cm³/mol. The zero-order valence-electron chi connectivity index (χ0n) is 14.4. The molecule has 0 radical (unpaired) electrons. The van der Waals surface area contributed by atoms with Gasteiger partial charge in [-0.2, -0.15) is 0 Å². The quantitative estimate of drug-likeness (QED) is 0.704. The van der Waals surface area contributed by atoms with E-state index in [9.17, 15) is 4.79 Å². The van der Waals surface area contributed by atoms with Crippen molar-refractivity contribution >= 4 is 18.3 Å². The van der Waals surface area contributed by atoms with Gasteiger partial charge in [0, 0.05) is 17.7 Å². The smallest absolute Gasteiger partial charge is 0.251 e. The first kappa shape index (κ1) is 20.3. The van der Waals surface area contributed by atoms with E-state index in [1.807, 2.05) is 6.07 Å². The lowest BCUT2D eigenvalue weighted by Gasteiger charge is -2.15. The van der Waals surface area contributed by atoms with Crippen molar-refractivity contribution < 1.29 is 14.3 Å². The van der Waals surface area contributed by atoms with Gasteiger partial charge in [0.1, 0.15) is 0 Å². The Balaban J connectivity index is 0.00000288. The first-order valence-corrected chi connectivity index (χ1v) is 8.04. The summed E-state index contributed by atoms with van der Waals surface area (Å²) >= 11 is 0. The first-order chi connectivity index (χ1) is 11.2. The molecule has 1 fully saturated rings. The van der Waals surface area contributed by atoms with E-state index < -0.39 is 0 Å². The van der Waals surface area contributed by atoms with Crippen LogP contribution < -0.4 is 20.1 Å². The molecule has 24 heavy (non-hydrogen) atoms. The van der Waals surface area contributed by atoms with Crippen LogP contribution in [0.25, 0.3) is 0 Å². The summed E-state index contributed by atoms with van der Waals surface area (Å²) in [5.74, 6) is 1.80. The molecule has 0 saturated carbocycles. The number of ether oxygens (including phenoxy) is 2. The fourth-order valence-corrected chi connectivity index (χ4v) is 2.93. The van der Waals surface area contributed by atoms with Crippen molar-refractivity contribution in [1.82, 2.24) is 10.6 Å². The minimum absolute atomic E-state index is 0. The second-order valence-electron chi connectivity index (χ2n) is 5.77. The highest BCUT2D eigenvalue weighted by Crippen LogP contribution is 2.33. The van der Waals surface area contributed by atoms with Crippen LogP contribution in [0.3, 0.4) is 0 Å². The number of hydrogen-bond donors (Lipinski definition) is 2. The summed E-state index contributed by atoms with van der Waals surface area (Å²) in [6.07, 6.45) is 4.60. The zero-order chi connectivity index (χ0) is 16.7. The molecule has 6 heteroatoms. The molecule has 1 saturated heterocycles.